The van der Waals surface area contributed by atoms with Crippen LogP contribution in [0, 0.1) is 4.78 Å². The molecular weight excluding hydrogens is 110 g/mol. The summed E-state index contributed by atoms with van der Waals surface area (Å²) >= 11 is 0. The maximum Gasteiger partial charge on any atom is 0.0428 e. The quantitative estimate of drug-likeness (QED) is 0.462. The van der Waals surface area contributed by atoms with Crippen LogP contribution in [0.25, 0.3) is 0 Å². The predicted octanol–water partition coefficient (Wildman–Crippen LogP) is 1.03. The molecule has 0 aromatic heterocycles. The van der Waals surface area contributed by atoms with Gasteiger partial charge in [-0.3, -0.25) is 8.99 Å². The van der Waals surface area contributed by atoms with Crippen LogP contribution in [0.2, 0.25) is 0 Å². The second kappa shape index (κ2) is 1.82. The zero-order valence-electron chi connectivity index (χ0n) is 4.86. The zero-order valence-corrected chi connectivity index (χ0v) is 5.75. The molecule has 3 heteroatoms. The largest absolute Gasteiger partial charge is 0.255 e. The molecule has 0 aliphatic rings. The van der Waals surface area contributed by atoms with Gasteiger partial charge in [0.25, 0.3) is 0 Å². The molecule has 44 valence electrons. The van der Waals surface area contributed by atoms with E-state index in [1.165, 1.54) is 0 Å². The summed E-state index contributed by atoms with van der Waals surface area (Å²) in [5.41, 5.74) is 0. The van der Waals surface area contributed by atoms with Crippen LogP contribution in [0.1, 0.15) is 20.8 Å². The SMILES string of the molecule is CC(C)(C)[SH](=N)=O. The Kier molecular flexibility index (Phi) is 1.81. The van der Waals surface area contributed by atoms with Crippen LogP contribution < -0.4 is 0 Å². The molecule has 0 aliphatic heterocycles. The molecule has 0 fully saturated rings. The van der Waals surface area contributed by atoms with Crippen LogP contribution in [-0.2, 0) is 10.6 Å². The molecule has 1 atom stereocenters. The summed E-state index contributed by atoms with van der Waals surface area (Å²) in [7, 11) is -1.74. The molecule has 0 aromatic rings. The highest BCUT2D eigenvalue weighted by molar-refractivity contribution is 7.75. The monoisotopic (exact) mass is 121 g/mol. The molecule has 0 aliphatic carbocycles. The van der Waals surface area contributed by atoms with E-state index in [1.807, 2.05) is 0 Å². The van der Waals surface area contributed by atoms with Gasteiger partial charge in [0.1, 0.15) is 0 Å². The van der Waals surface area contributed by atoms with Crippen molar-refractivity contribution in [3.05, 3.63) is 0 Å². The lowest BCUT2D eigenvalue weighted by Crippen LogP contribution is -2.13. The highest BCUT2D eigenvalue weighted by Gasteiger charge is 2.08. The standard InChI is InChI=1S/C4H11NOS/c1-4(2,3)7(5)6/h5,7H,1-3H3. The molecule has 0 saturated carbocycles. The van der Waals surface area contributed by atoms with E-state index in [2.05, 4.69) is 0 Å². The number of nitrogens with one attached hydrogen (secondary N) is 1. The van der Waals surface area contributed by atoms with Gasteiger partial charge in [0.15, 0.2) is 0 Å². The summed E-state index contributed by atoms with van der Waals surface area (Å²) < 4.78 is 16.7. The molecule has 0 rings (SSSR count). The molecule has 0 aromatic carbocycles. The Morgan fingerprint density at radius 2 is 1.57 bits per heavy atom. The maximum absolute atomic E-state index is 10.3. The van der Waals surface area contributed by atoms with Crippen LogP contribution in [0.5, 0.6) is 0 Å². The Hall–Kier alpha value is -0.0500. The topological polar surface area (TPSA) is 40.9 Å². The minimum atomic E-state index is -1.74. The van der Waals surface area contributed by atoms with Gasteiger partial charge in [-0.2, -0.15) is 0 Å². The summed E-state index contributed by atoms with van der Waals surface area (Å²) in [5, 5.41) is 0. The van der Waals surface area contributed by atoms with Crippen LogP contribution in [0.4, 0.5) is 0 Å². The van der Waals surface area contributed by atoms with Crippen molar-refractivity contribution in [1.82, 2.24) is 0 Å². The third-order valence-electron chi connectivity index (χ3n) is 0.609. The van der Waals surface area contributed by atoms with E-state index >= 15 is 0 Å². The normalized spacial score (nSPS) is 16.4. The van der Waals surface area contributed by atoms with E-state index in [9.17, 15) is 4.21 Å². The van der Waals surface area contributed by atoms with Crippen molar-refractivity contribution in [2.24, 2.45) is 0 Å². The molecule has 0 heterocycles. The van der Waals surface area contributed by atoms with E-state index < -0.39 is 10.6 Å². The van der Waals surface area contributed by atoms with Gasteiger partial charge in [-0.05, 0) is 20.8 Å². The molecule has 7 heavy (non-hydrogen) atoms. The first kappa shape index (κ1) is 6.95. The van der Waals surface area contributed by atoms with Gasteiger partial charge in [0.05, 0.1) is 0 Å². The predicted molar refractivity (Wildman–Crippen MR) is 32.0 cm³/mol. The summed E-state index contributed by atoms with van der Waals surface area (Å²) in [6.45, 7) is 5.37. The van der Waals surface area contributed by atoms with Gasteiger partial charge in [0.2, 0.25) is 0 Å². The van der Waals surface area contributed by atoms with Gasteiger partial charge in [-0.25, -0.2) is 0 Å². The first-order valence-electron chi connectivity index (χ1n) is 2.13. The van der Waals surface area contributed by atoms with E-state index in [-0.39, 0.29) is 4.75 Å². The van der Waals surface area contributed by atoms with E-state index in [1.54, 1.807) is 20.8 Å². The minimum absolute atomic E-state index is 0.324. The Morgan fingerprint density at radius 1 is 1.43 bits per heavy atom. The molecule has 0 amide bonds. The fourth-order valence-corrected chi connectivity index (χ4v) is 0. The van der Waals surface area contributed by atoms with Crippen molar-refractivity contribution in [3.63, 3.8) is 0 Å². The average molecular weight is 121 g/mol. The number of rotatable bonds is 0. The zero-order chi connectivity index (χ0) is 6.08. The lowest BCUT2D eigenvalue weighted by Gasteiger charge is -2.07. The average Bonchev–Trinajstić information content (AvgIpc) is 1.31. The fourth-order valence-electron chi connectivity index (χ4n) is 0. The highest BCUT2D eigenvalue weighted by Crippen LogP contribution is 2.03. The fraction of sp³-hybridized carbons (Fsp3) is 1.00. The van der Waals surface area contributed by atoms with E-state index in [0.717, 1.165) is 0 Å². The number of thiol groups is 1. The van der Waals surface area contributed by atoms with Crippen molar-refractivity contribution in [2.45, 2.75) is 25.5 Å². The second-order valence-corrected chi connectivity index (χ2v) is 4.40. The Labute approximate surface area is 45.9 Å². The molecule has 0 saturated heterocycles. The first-order chi connectivity index (χ1) is 2.94. The van der Waals surface area contributed by atoms with Gasteiger partial charge >= 0.3 is 0 Å². The Bertz CT molecular complexity index is 112. The molecule has 0 spiro atoms. The second-order valence-electron chi connectivity index (χ2n) is 2.47. The van der Waals surface area contributed by atoms with Gasteiger partial charge in [-0.15, -0.1) is 0 Å². The van der Waals surface area contributed by atoms with Crippen molar-refractivity contribution in [1.29, 1.82) is 4.78 Å². The number of hydrogen-bond acceptors (Lipinski definition) is 2. The lowest BCUT2D eigenvalue weighted by atomic mass is 10.3. The smallest absolute Gasteiger partial charge is 0.0428 e. The van der Waals surface area contributed by atoms with Gasteiger partial charge < -0.3 is 0 Å². The molecule has 2 nitrogen and oxygen atoms in total. The molecule has 1 N–H and O–H groups in total. The van der Waals surface area contributed by atoms with Crippen LogP contribution >= 0.6 is 0 Å². The summed E-state index contributed by atoms with van der Waals surface area (Å²) in [5.74, 6) is 0. The van der Waals surface area contributed by atoms with Crippen molar-refractivity contribution in [2.75, 3.05) is 0 Å². The molecular formula is C4H11NOS. The minimum Gasteiger partial charge on any atom is -0.255 e. The van der Waals surface area contributed by atoms with Crippen molar-refractivity contribution >= 4 is 10.6 Å². The number of hydrogen-bond donors (Lipinski definition) is 2. The van der Waals surface area contributed by atoms with Crippen molar-refractivity contribution in [3.8, 4) is 0 Å². The third-order valence-corrected chi connectivity index (χ3v) is 1.83. The van der Waals surface area contributed by atoms with Gasteiger partial charge in [-0.1, -0.05) is 0 Å². The summed E-state index contributed by atoms with van der Waals surface area (Å²) in [6, 6.07) is 0. The maximum atomic E-state index is 10.3. The first-order valence-corrected chi connectivity index (χ1v) is 3.39. The van der Waals surface area contributed by atoms with Gasteiger partial charge in [0, 0.05) is 15.3 Å². The van der Waals surface area contributed by atoms with Crippen molar-refractivity contribution < 1.29 is 4.21 Å². The summed E-state index contributed by atoms with van der Waals surface area (Å²) in [6.07, 6.45) is 0. The summed E-state index contributed by atoms with van der Waals surface area (Å²) in [4.78, 5) is 0. The molecule has 1 unspecified atom stereocenters. The molecule has 0 radical (unpaired) electrons. The third kappa shape index (κ3) is 2.62. The van der Waals surface area contributed by atoms with Crippen LogP contribution in [-0.4, -0.2) is 8.96 Å². The molecule has 0 bridgehead atoms. The van der Waals surface area contributed by atoms with Crippen LogP contribution in [0.15, 0.2) is 0 Å². The Morgan fingerprint density at radius 3 is 1.57 bits per heavy atom. The highest BCUT2D eigenvalue weighted by atomic mass is 32.2. The van der Waals surface area contributed by atoms with E-state index in [0.29, 0.717) is 0 Å². The van der Waals surface area contributed by atoms with E-state index in [4.69, 9.17) is 4.78 Å². The Balaban J connectivity index is 4.08. The lowest BCUT2D eigenvalue weighted by molar-refractivity contribution is 0.654. The van der Waals surface area contributed by atoms with Crippen LogP contribution in [0.3, 0.4) is 0 Å².